The quantitative estimate of drug-likeness (QED) is 0.623. The van der Waals surface area contributed by atoms with E-state index in [0.717, 1.165) is 36.4 Å². The summed E-state index contributed by atoms with van der Waals surface area (Å²) in [6.45, 7) is 0. The van der Waals surface area contributed by atoms with Gasteiger partial charge in [0.05, 0.1) is 32.1 Å². The molecule has 0 aliphatic carbocycles. The smallest absolute Gasteiger partial charge is 0.335 e. The minimum Gasteiger partial charge on any atom is -0.478 e. The Bertz CT molecular complexity index is 817. The topological polar surface area (TPSA) is 161 Å². The Hall–Kier alpha value is -3.82. The van der Waals surface area contributed by atoms with Crippen LogP contribution in [-0.4, -0.2) is 32.0 Å². The lowest BCUT2D eigenvalue weighted by Crippen LogP contribution is -2.02. The van der Waals surface area contributed by atoms with Crippen molar-refractivity contribution in [3.63, 3.8) is 0 Å². The Kier molecular flexibility index (Phi) is 4.22. The molecule has 0 amide bonds. The number of hydrogen-bond acceptors (Lipinski definition) is 6. The molecule has 0 aliphatic heterocycles. The number of nitro benzene ring substituents is 2. The summed E-state index contributed by atoms with van der Waals surface area (Å²) in [5.41, 5.74) is -2.35. The van der Waals surface area contributed by atoms with Gasteiger partial charge in [-0.25, -0.2) is 9.59 Å². The molecule has 0 fully saturated rings. The van der Waals surface area contributed by atoms with E-state index >= 15 is 0 Å². The molecule has 0 saturated heterocycles. The lowest BCUT2D eigenvalue weighted by Gasteiger charge is -2.06. The Morgan fingerprint density at radius 2 is 1.08 bits per heavy atom. The molecule has 0 atom stereocenters. The lowest BCUT2D eigenvalue weighted by molar-refractivity contribution is -0.386. The number of aromatic carboxylic acids is 2. The Morgan fingerprint density at radius 3 is 1.33 bits per heavy atom. The predicted molar refractivity (Wildman–Crippen MR) is 79.1 cm³/mol. The summed E-state index contributed by atoms with van der Waals surface area (Å²) in [7, 11) is 0. The van der Waals surface area contributed by atoms with Gasteiger partial charge in [0.15, 0.2) is 0 Å². The van der Waals surface area contributed by atoms with Gasteiger partial charge in [-0.15, -0.1) is 0 Å². The van der Waals surface area contributed by atoms with Crippen molar-refractivity contribution in [2.75, 3.05) is 0 Å². The van der Waals surface area contributed by atoms with Crippen molar-refractivity contribution in [2.24, 2.45) is 0 Å². The lowest BCUT2D eigenvalue weighted by atomic mass is 9.98. The highest BCUT2D eigenvalue weighted by Crippen LogP contribution is 2.37. The summed E-state index contributed by atoms with van der Waals surface area (Å²) in [6.07, 6.45) is 0. The molecule has 0 saturated carbocycles. The third kappa shape index (κ3) is 3.02. The van der Waals surface area contributed by atoms with Gasteiger partial charge >= 0.3 is 11.9 Å². The molecule has 0 aliphatic rings. The average molecular weight is 332 g/mol. The first-order valence-corrected chi connectivity index (χ1v) is 6.26. The summed E-state index contributed by atoms with van der Waals surface area (Å²) >= 11 is 0. The van der Waals surface area contributed by atoms with Crippen LogP contribution in [0.3, 0.4) is 0 Å². The van der Waals surface area contributed by atoms with E-state index in [-0.39, 0.29) is 22.3 Å². The second kappa shape index (κ2) is 6.12. The van der Waals surface area contributed by atoms with E-state index < -0.39 is 33.2 Å². The van der Waals surface area contributed by atoms with Crippen molar-refractivity contribution in [3.8, 4) is 11.1 Å². The van der Waals surface area contributed by atoms with Gasteiger partial charge in [0.1, 0.15) is 0 Å². The van der Waals surface area contributed by atoms with Gasteiger partial charge < -0.3 is 10.2 Å². The summed E-state index contributed by atoms with van der Waals surface area (Å²) in [5.74, 6) is -2.78. The van der Waals surface area contributed by atoms with Gasteiger partial charge in [-0.1, -0.05) is 0 Å². The molecule has 10 heteroatoms. The van der Waals surface area contributed by atoms with E-state index in [4.69, 9.17) is 10.2 Å². The molecule has 2 aromatic carbocycles. The number of carboxylic acids is 2. The molecule has 0 radical (unpaired) electrons. The number of nitrogens with zero attached hydrogens (tertiary/aromatic N) is 2. The fraction of sp³-hybridized carbons (Fsp3) is 0. The molecule has 0 aromatic heterocycles. The second-order valence-electron chi connectivity index (χ2n) is 4.59. The molecular weight excluding hydrogens is 324 g/mol. The summed E-state index contributed by atoms with van der Waals surface area (Å²) in [5, 5.41) is 40.1. The molecule has 0 spiro atoms. The molecule has 0 unspecified atom stereocenters. The third-order valence-corrected chi connectivity index (χ3v) is 3.17. The molecule has 2 N–H and O–H groups in total. The highest BCUT2D eigenvalue weighted by Gasteiger charge is 2.25. The highest BCUT2D eigenvalue weighted by molar-refractivity contribution is 5.93. The van der Waals surface area contributed by atoms with E-state index in [1.807, 2.05) is 0 Å². The average Bonchev–Trinajstić information content (AvgIpc) is 2.53. The number of carboxylic acid groups (broad SMARTS) is 2. The maximum absolute atomic E-state index is 11.2. The van der Waals surface area contributed by atoms with E-state index in [0.29, 0.717) is 0 Å². The first kappa shape index (κ1) is 16.5. The number of rotatable bonds is 5. The number of nitro groups is 2. The van der Waals surface area contributed by atoms with Crippen LogP contribution >= 0.6 is 0 Å². The number of carbonyl (C=O) groups is 2. The van der Waals surface area contributed by atoms with Gasteiger partial charge in [-0.2, -0.15) is 0 Å². The van der Waals surface area contributed by atoms with E-state index in [9.17, 15) is 29.8 Å². The van der Waals surface area contributed by atoms with E-state index in [2.05, 4.69) is 0 Å². The first-order chi connectivity index (χ1) is 11.2. The maximum Gasteiger partial charge on any atom is 0.335 e. The molecule has 10 nitrogen and oxygen atoms in total. The normalized spacial score (nSPS) is 10.2. The van der Waals surface area contributed by atoms with Crippen molar-refractivity contribution in [3.05, 3.63) is 67.8 Å². The summed E-state index contributed by atoms with van der Waals surface area (Å²) in [6, 6.07) is 5.85. The van der Waals surface area contributed by atoms with Crippen LogP contribution in [0.25, 0.3) is 11.1 Å². The van der Waals surface area contributed by atoms with Crippen molar-refractivity contribution < 1.29 is 29.6 Å². The van der Waals surface area contributed by atoms with Gasteiger partial charge in [0.2, 0.25) is 0 Å². The van der Waals surface area contributed by atoms with Crippen LogP contribution in [0.15, 0.2) is 36.4 Å². The van der Waals surface area contributed by atoms with Crippen molar-refractivity contribution in [1.29, 1.82) is 0 Å². The Morgan fingerprint density at radius 1 is 0.750 bits per heavy atom. The van der Waals surface area contributed by atoms with Crippen LogP contribution in [-0.2, 0) is 0 Å². The summed E-state index contributed by atoms with van der Waals surface area (Å²) < 4.78 is 0. The molecule has 0 bridgehead atoms. The minimum atomic E-state index is -1.39. The van der Waals surface area contributed by atoms with Crippen molar-refractivity contribution in [1.82, 2.24) is 0 Å². The minimum absolute atomic E-state index is 0.186. The largest absolute Gasteiger partial charge is 0.478 e. The third-order valence-electron chi connectivity index (χ3n) is 3.17. The zero-order chi connectivity index (χ0) is 18.0. The van der Waals surface area contributed by atoms with Crippen LogP contribution < -0.4 is 0 Å². The van der Waals surface area contributed by atoms with Gasteiger partial charge in [-0.05, 0) is 24.3 Å². The SMILES string of the molecule is O=C(O)c1ccc(-c2ccc(C(=O)O)cc2[N+](=O)[O-])c([N+](=O)[O-])c1. The van der Waals surface area contributed by atoms with Gasteiger partial charge in [0, 0.05) is 12.1 Å². The molecule has 2 rings (SSSR count). The molecule has 2 aromatic rings. The van der Waals surface area contributed by atoms with Crippen molar-refractivity contribution >= 4 is 23.3 Å². The Labute approximate surface area is 132 Å². The van der Waals surface area contributed by atoms with Gasteiger partial charge in [0.25, 0.3) is 11.4 Å². The monoisotopic (exact) mass is 332 g/mol. The predicted octanol–water partition coefficient (Wildman–Crippen LogP) is 2.57. The van der Waals surface area contributed by atoms with Crippen LogP contribution in [0.1, 0.15) is 20.7 Å². The zero-order valence-corrected chi connectivity index (χ0v) is 11.7. The van der Waals surface area contributed by atoms with E-state index in [1.54, 1.807) is 0 Å². The fourth-order valence-corrected chi connectivity index (χ4v) is 2.09. The van der Waals surface area contributed by atoms with Crippen LogP contribution in [0.2, 0.25) is 0 Å². The molecule has 24 heavy (non-hydrogen) atoms. The van der Waals surface area contributed by atoms with Crippen LogP contribution in [0, 0.1) is 20.2 Å². The van der Waals surface area contributed by atoms with Crippen LogP contribution in [0.5, 0.6) is 0 Å². The molecule has 122 valence electrons. The first-order valence-electron chi connectivity index (χ1n) is 6.26. The standard InChI is InChI=1S/C14H8N2O8/c17-13(18)7-1-3-9(11(5-7)15(21)22)10-4-2-8(14(19)20)6-12(10)16(23)24/h1-6H,(H,17,18)(H,19,20). The maximum atomic E-state index is 11.2. The Balaban J connectivity index is 2.76. The van der Waals surface area contributed by atoms with E-state index in [1.165, 1.54) is 0 Å². The zero-order valence-electron chi connectivity index (χ0n) is 11.7. The van der Waals surface area contributed by atoms with Crippen molar-refractivity contribution in [2.45, 2.75) is 0 Å². The fourth-order valence-electron chi connectivity index (χ4n) is 2.09. The number of hydrogen-bond donors (Lipinski definition) is 2. The second-order valence-corrected chi connectivity index (χ2v) is 4.59. The summed E-state index contributed by atoms with van der Waals surface area (Å²) in [4.78, 5) is 42.5. The van der Waals surface area contributed by atoms with Crippen LogP contribution in [0.4, 0.5) is 11.4 Å². The number of benzene rings is 2. The molecule has 0 heterocycles. The highest BCUT2D eigenvalue weighted by atomic mass is 16.6. The molecular formula is C14H8N2O8. The van der Waals surface area contributed by atoms with Gasteiger partial charge in [-0.3, -0.25) is 20.2 Å².